The molecule has 1 saturated heterocycles. The number of nitro benzene ring substituents is 1. The molecule has 1 aliphatic heterocycles. The maximum atomic E-state index is 10.7. The van der Waals surface area contributed by atoms with Crippen LogP contribution < -0.4 is 14.5 Å². The normalized spacial score (nSPS) is 15.2. The molecule has 0 amide bonds. The molecule has 0 aromatic heterocycles. The summed E-state index contributed by atoms with van der Waals surface area (Å²) in [6.45, 7) is 7.78. The van der Waals surface area contributed by atoms with Gasteiger partial charge in [0.1, 0.15) is 18.9 Å². The van der Waals surface area contributed by atoms with Gasteiger partial charge in [-0.15, -0.1) is 0 Å². The van der Waals surface area contributed by atoms with Gasteiger partial charge in [0.05, 0.1) is 31.1 Å². The van der Waals surface area contributed by atoms with E-state index in [0.717, 1.165) is 50.8 Å². The first kappa shape index (κ1) is 17.2. The van der Waals surface area contributed by atoms with Crippen molar-refractivity contribution in [2.24, 2.45) is 0 Å². The first-order valence-electron chi connectivity index (χ1n) is 8.64. The molecule has 25 heavy (non-hydrogen) atoms. The molecule has 132 valence electrons. The summed E-state index contributed by atoms with van der Waals surface area (Å²) in [4.78, 5) is 14.2. The molecule has 6 nitrogen and oxygen atoms in total. The summed E-state index contributed by atoms with van der Waals surface area (Å²) >= 11 is 0. The first-order chi connectivity index (χ1) is 12.1. The highest BCUT2D eigenvalue weighted by molar-refractivity contribution is 5.51. The average Bonchev–Trinajstić information content (AvgIpc) is 2.62. The minimum atomic E-state index is -0.361. The quantitative estimate of drug-likeness (QED) is 0.641. The molecule has 3 rings (SSSR count). The van der Waals surface area contributed by atoms with E-state index in [9.17, 15) is 10.1 Å². The summed E-state index contributed by atoms with van der Waals surface area (Å²) < 4.78 is 5.84. The Kier molecular flexibility index (Phi) is 5.50. The van der Waals surface area contributed by atoms with E-state index in [0.29, 0.717) is 0 Å². The average molecular weight is 342 g/mol. The van der Waals surface area contributed by atoms with Crippen molar-refractivity contribution >= 4 is 11.4 Å². The van der Waals surface area contributed by atoms with Gasteiger partial charge in [0.2, 0.25) is 0 Å². The Labute approximate surface area is 147 Å². The Bertz CT molecular complexity index is 710. The first-order valence-corrected chi connectivity index (χ1v) is 8.64. The zero-order valence-corrected chi connectivity index (χ0v) is 14.5. The van der Waals surface area contributed by atoms with Crippen LogP contribution in [-0.4, -0.2) is 44.3 Å². The van der Waals surface area contributed by atoms with Gasteiger partial charge in [-0.05, 0) is 36.8 Å². The Morgan fingerprint density at radius 3 is 2.52 bits per heavy atom. The topological polar surface area (TPSA) is 60.0 Å². The molecule has 0 atom stereocenters. The van der Waals surface area contributed by atoms with Crippen LogP contribution >= 0.6 is 0 Å². The van der Waals surface area contributed by atoms with Gasteiger partial charge in [-0.2, -0.15) is 0 Å². The van der Waals surface area contributed by atoms with Crippen LogP contribution in [0.15, 0.2) is 48.5 Å². The fourth-order valence-electron chi connectivity index (χ4n) is 3.13. The van der Waals surface area contributed by atoms with Crippen molar-refractivity contribution in [1.29, 1.82) is 0 Å². The van der Waals surface area contributed by atoms with Crippen LogP contribution in [0.4, 0.5) is 11.4 Å². The number of benzene rings is 2. The second-order valence-corrected chi connectivity index (χ2v) is 6.43. The van der Waals surface area contributed by atoms with E-state index in [-0.39, 0.29) is 10.6 Å². The molecule has 0 bridgehead atoms. The van der Waals surface area contributed by atoms with E-state index in [2.05, 4.69) is 24.0 Å². The smallest absolute Gasteiger partial charge is 0.269 e. The Balaban J connectivity index is 1.43. The van der Waals surface area contributed by atoms with E-state index < -0.39 is 0 Å². The van der Waals surface area contributed by atoms with Crippen LogP contribution in [0.5, 0.6) is 5.75 Å². The van der Waals surface area contributed by atoms with Gasteiger partial charge in [0.15, 0.2) is 0 Å². The van der Waals surface area contributed by atoms with Crippen molar-refractivity contribution in [3.8, 4) is 5.75 Å². The second kappa shape index (κ2) is 7.98. The van der Waals surface area contributed by atoms with E-state index in [4.69, 9.17) is 4.74 Å². The monoisotopic (exact) mass is 342 g/mol. The third-order valence-corrected chi connectivity index (χ3v) is 4.61. The number of nitrogens with one attached hydrogen (secondary N) is 1. The SMILES string of the molecule is Cc1cccc(OCC[NH+]2CCN(c3ccc([N+](=O)[O-])cc3)CC2)c1. The summed E-state index contributed by atoms with van der Waals surface area (Å²) in [7, 11) is 0. The van der Waals surface area contributed by atoms with Crippen molar-refractivity contribution in [2.75, 3.05) is 44.2 Å². The minimum Gasteiger partial charge on any atom is -0.488 e. The molecule has 0 aliphatic carbocycles. The molecule has 1 aliphatic rings. The Morgan fingerprint density at radius 1 is 1.16 bits per heavy atom. The fraction of sp³-hybridized carbons (Fsp3) is 0.368. The number of nitrogens with zero attached hydrogens (tertiary/aromatic N) is 2. The van der Waals surface area contributed by atoms with Gasteiger partial charge in [0, 0.05) is 17.8 Å². The van der Waals surface area contributed by atoms with Crippen LogP contribution in [-0.2, 0) is 0 Å². The molecule has 2 aromatic rings. The molecular weight excluding hydrogens is 318 g/mol. The van der Waals surface area contributed by atoms with Crippen molar-refractivity contribution in [1.82, 2.24) is 0 Å². The number of nitro groups is 1. The zero-order valence-electron chi connectivity index (χ0n) is 14.5. The van der Waals surface area contributed by atoms with Crippen LogP contribution in [0, 0.1) is 17.0 Å². The van der Waals surface area contributed by atoms with E-state index in [1.807, 2.05) is 24.3 Å². The van der Waals surface area contributed by atoms with Gasteiger partial charge >= 0.3 is 0 Å². The summed E-state index contributed by atoms with van der Waals surface area (Å²) in [5.74, 6) is 0.934. The molecule has 1 fully saturated rings. The molecule has 1 heterocycles. The van der Waals surface area contributed by atoms with Crippen LogP contribution in [0.2, 0.25) is 0 Å². The summed E-state index contributed by atoms with van der Waals surface area (Å²) in [6.07, 6.45) is 0. The third kappa shape index (κ3) is 4.70. The van der Waals surface area contributed by atoms with Crippen molar-refractivity contribution < 1.29 is 14.6 Å². The number of quaternary nitrogens is 1. The van der Waals surface area contributed by atoms with Gasteiger partial charge < -0.3 is 14.5 Å². The molecule has 0 unspecified atom stereocenters. The lowest BCUT2D eigenvalue weighted by Crippen LogP contribution is -3.15. The van der Waals surface area contributed by atoms with Crippen molar-refractivity contribution in [2.45, 2.75) is 6.92 Å². The number of aryl methyl sites for hydroxylation is 1. The highest BCUT2D eigenvalue weighted by Gasteiger charge is 2.20. The molecular formula is C19H24N3O3+. The van der Waals surface area contributed by atoms with Crippen LogP contribution in [0.25, 0.3) is 0 Å². The summed E-state index contributed by atoms with van der Waals surface area (Å²) in [6, 6.07) is 15.0. The highest BCUT2D eigenvalue weighted by atomic mass is 16.6. The van der Waals surface area contributed by atoms with E-state index in [1.54, 1.807) is 12.1 Å². The predicted molar refractivity (Wildman–Crippen MR) is 97.5 cm³/mol. The van der Waals surface area contributed by atoms with Crippen molar-refractivity contribution in [3.63, 3.8) is 0 Å². The van der Waals surface area contributed by atoms with Gasteiger partial charge in [-0.25, -0.2) is 0 Å². The number of rotatable bonds is 6. The van der Waals surface area contributed by atoms with Crippen LogP contribution in [0.1, 0.15) is 5.56 Å². The maximum absolute atomic E-state index is 10.7. The molecule has 1 N–H and O–H groups in total. The Morgan fingerprint density at radius 2 is 1.88 bits per heavy atom. The number of piperazine rings is 1. The standard InChI is InChI=1S/C19H23N3O3/c1-16-3-2-4-19(15-16)25-14-13-20-9-11-21(12-10-20)17-5-7-18(8-6-17)22(23)24/h2-8,15H,9-14H2,1H3/p+1. The van der Waals surface area contributed by atoms with Crippen molar-refractivity contribution in [3.05, 3.63) is 64.2 Å². The number of hydrogen-bond acceptors (Lipinski definition) is 4. The highest BCUT2D eigenvalue weighted by Crippen LogP contribution is 2.19. The fourth-order valence-corrected chi connectivity index (χ4v) is 3.13. The summed E-state index contributed by atoms with van der Waals surface area (Å²) in [5.41, 5.74) is 2.41. The molecule has 6 heteroatoms. The van der Waals surface area contributed by atoms with E-state index >= 15 is 0 Å². The number of hydrogen-bond donors (Lipinski definition) is 1. The number of anilines is 1. The largest absolute Gasteiger partial charge is 0.488 e. The lowest BCUT2D eigenvalue weighted by atomic mass is 10.2. The Hall–Kier alpha value is -2.60. The summed E-state index contributed by atoms with van der Waals surface area (Å²) in [5, 5.41) is 10.7. The number of non-ortho nitro benzene ring substituents is 1. The number of ether oxygens (including phenoxy) is 1. The molecule has 0 saturated carbocycles. The van der Waals surface area contributed by atoms with Gasteiger partial charge in [-0.3, -0.25) is 10.1 Å². The van der Waals surface area contributed by atoms with Gasteiger partial charge in [-0.1, -0.05) is 12.1 Å². The minimum absolute atomic E-state index is 0.140. The maximum Gasteiger partial charge on any atom is 0.269 e. The zero-order chi connectivity index (χ0) is 17.6. The lowest BCUT2D eigenvalue weighted by Gasteiger charge is -2.33. The van der Waals surface area contributed by atoms with Crippen LogP contribution in [0.3, 0.4) is 0 Å². The van der Waals surface area contributed by atoms with Gasteiger partial charge in [0.25, 0.3) is 5.69 Å². The van der Waals surface area contributed by atoms with E-state index in [1.165, 1.54) is 10.5 Å². The third-order valence-electron chi connectivity index (χ3n) is 4.61. The second-order valence-electron chi connectivity index (χ2n) is 6.43. The lowest BCUT2D eigenvalue weighted by molar-refractivity contribution is -0.900. The predicted octanol–water partition coefficient (Wildman–Crippen LogP) is 1.69. The molecule has 2 aromatic carbocycles. The molecule has 0 radical (unpaired) electrons. The molecule has 0 spiro atoms.